The zero-order valence-electron chi connectivity index (χ0n) is 10.6. The third kappa shape index (κ3) is 3.46. The highest BCUT2D eigenvalue weighted by atomic mass is 79.9. The van der Waals surface area contributed by atoms with Gasteiger partial charge in [0, 0.05) is 28.8 Å². The predicted molar refractivity (Wildman–Crippen MR) is 82.1 cm³/mol. The predicted octanol–water partition coefficient (Wildman–Crippen LogP) is 4.33. The number of halogens is 2. The molecular weight excluding hydrogens is 346 g/mol. The lowest BCUT2D eigenvalue weighted by molar-refractivity contribution is -0.385. The number of aromatic nitrogens is 1. The summed E-state index contributed by atoms with van der Waals surface area (Å²) >= 11 is 9.20. The topological polar surface area (TPSA) is 68.1 Å². The largest absolute Gasteiger partial charge is 0.378 e. The van der Waals surface area contributed by atoms with Gasteiger partial charge in [0.1, 0.15) is 0 Å². The summed E-state index contributed by atoms with van der Waals surface area (Å²) in [7, 11) is 0. The molecule has 0 bridgehead atoms. The van der Waals surface area contributed by atoms with E-state index >= 15 is 0 Å². The molecule has 104 valence electrons. The van der Waals surface area contributed by atoms with Gasteiger partial charge in [-0.3, -0.25) is 10.1 Å². The van der Waals surface area contributed by atoms with Crippen molar-refractivity contribution < 1.29 is 4.92 Å². The Kier molecular flexibility index (Phi) is 4.57. The molecule has 0 atom stereocenters. The number of nitrogens with one attached hydrogen (secondary N) is 1. The SMILES string of the molecule is Cc1cnc(Cl)c(NCc2ccc(Br)cc2[N+](=O)[O-])c1. The van der Waals surface area contributed by atoms with Crippen LogP contribution in [0.1, 0.15) is 11.1 Å². The molecule has 1 N–H and O–H groups in total. The van der Waals surface area contributed by atoms with Gasteiger partial charge in [-0.2, -0.15) is 0 Å². The highest BCUT2D eigenvalue weighted by Gasteiger charge is 2.14. The number of hydrogen-bond donors (Lipinski definition) is 1. The summed E-state index contributed by atoms with van der Waals surface area (Å²) in [5.41, 5.74) is 2.26. The second kappa shape index (κ2) is 6.19. The number of anilines is 1. The van der Waals surface area contributed by atoms with E-state index in [1.54, 1.807) is 18.3 Å². The Bertz CT molecular complexity index is 664. The smallest absolute Gasteiger partial charge is 0.275 e. The van der Waals surface area contributed by atoms with Crippen LogP contribution >= 0.6 is 27.5 Å². The van der Waals surface area contributed by atoms with Crippen LogP contribution in [0.4, 0.5) is 11.4 Å². The van der Waals surface area contributed by atoms with Gasteiger partial charge in [0.05, 0.1) is 10.6 Å². The van der Waals surface area contributed by atoms with Crippen molar-refractivity contribution in [3.05, 3.63) is 61.3 Å². The number of rotatable bonds is 4. The monoisotopic (exact) mass is 355 g/mol. The van der Waals surface area contributed by atoms with Crippen LogP contribution in [0.25, 0.3) is 0 Å². The maximum Gasteiger partial charge on any atom is 0.275 e. The molecule has 1 aromatic carbocycles. The lowest BCUT2D eigenvalue weighted by Crippen LogP contribution is -2.04. The first kappa shape index (κ1) is 14.7. The highest BCUT2D eigenvalue weighted by molar-refractivity contribution is 9.10. The third-order valence-corrected chi connectivity index (χ3v) is 3.48. The van der Waals surface area contributed by atoms with E-state index in [4.69, 9.17) is 11.6 Å². The maximum atomic E-state index is 11.0. The van der Waals surface area contributed by atoms with E-state index in [-0.39, 0.29) is 5.69 Å². The molecule has 0 aliphatic rings. The van der Waals surface area contributed by atoms with Gasteiger partial charge in [-0.1, -0.05) is 27.5 Å². The molecule has 1 aromatic heterocycles. The summed E-state index contributed by atoms with van der Waals surface area (Å²) in [6.07, 6.45) is 1.66. The Morgan fingerprint density at radius 1 is 1.45 bits per heavy atom. The van der Waals surface area contributed by atoms with Gasteiger partial charge in [-0.15, -0.1) is 0 Å². The van der Waals surface area contributed by atoms with Crippen LogP contribution < -0.4 is 5.32 Å². The fourth-order valence-electron chi connectivity index (χ4n) is 1.72. The molecule has 2 rings (SSSR count). The molecule has 0 saturated heterocycles. The van der Waals surface area contributed by atoms with E-state index in [0.29, 0.717) is 27.4 Å². The van der Waals surface area contributed by atoms with Gasteiger partial charge in [0.25, 0.3) is 5.69 Å². The quantitative estimate of drug-likeness (QED) is 0.503. The molecular formula is C13H11BrClN3O2. The van der Waals surface area contributed by atoms with E-state index in [9.17, 15) is 10.1 Å². The summed E-state index contributed by atoms with van der Waals surface area (Å²) < 4.78 is 0.670. The number of pyridine rings is 1. The molecule has 0 unspecified atom stereocenters. The molecule has 0 saturated carbocycles. The fraction of sp³-hybridized carbons (Fsp3) is 0.154. The normalized spacial score (nSPS) is 10.3. The van der Waals surface area contributed by atoms with E-state index < -0.39 is 4.92 Å². The number of nitro benzene ring substituents is 1. The van der Waals surface area contributed by atoms with Crippen molar-refractivity contribution in [1.29, 1.82) is 0 Å². The molecule has 0 radical (unpaired) electrons. The number of benzene rings is 1. The van der Waals surface area contributed by atoms with Crippen molar-refractivity contribution in [3.8, 4) is 0 Å². The van der Waals surface area contributed by atoms with Gasteiger partial charge in [-0.05, 0) is 30.7 Å². The van der Waals surface area contributed by atoms with Crippen molar-refractivity contribution in [1.82, 2.24) is 4.98 Å². The standard InChI is InChI=1S/C13H11BrClN3O2/c1-8-4-11(13(15)17-6-8)16-7-9-2-3-10(14)5-12(9)18(19)20/h2-6,16H,7H2,1H3. The van der Waals surface area contributed by atoms with E-state index in [1.807, 2.05) is 13.0 Å². The average Bonchev–Trinajstić information content (AvgIpc) is 2.40. The summed E-state index contributed by atoms with van der Waals surface area (Å²) in [5, 5.41) is 14.4. The highest BCUT2D eigenvalue weighted by Crippen LogP contribution is 2.26. The molecule has 5 nitrogen and oxygen atoms in total. The molecule has 0 fully saturated rings. The zero-order valence-corrected chi connectivity index (χ0v) is 12.9. The number of nitrogens with zero attached hydrogens (tertiary/aromatic N) is 2. The molecule has 7 heteroatoms. The Balaban J connectivity index is 2.23. The van der Waals surface area contributed by atoms with Crippen LogP contribution in [0.3, 0.4) is 0 Å². The fourth-order valence-corrected chi connectivity index (χ4v) is 2.24. The molecule has 0 amide bonds. The number of nitro groups is 1. The summed E-state index contributed by atoms with van der Waals surface area (Å²) in [4.78, 5) is 14.6. The molecule has 1 heterocycles. The first-order chi connectivity index (χ1) is 9.47. The van der Waals surface area contributed by atoms with Crippen LogP contribution in [0.15, 0.2) is 34.9 Å². The van der Waals surface area contributed by atoms with Gasteiger partial charge < -0.3 is 5.32 Å². The Hall–Kier alpha value is -1.66. The van der Waals surface area contributed by atoms with Crippen molar-refractivity contribution in [2.75, 3.05) is 5.32 Å². The number of aryl methyl sites for hydroxylation is 1. The van der Waals surface area contributed by atoms with Crippen LogP contribution in [-0.4, -0.2) is 9.91 Å². The molecule has 0 aliphatic carbocycles. The second-order valence-corrected chi connectivity index (χ2v) is 5.51. The van der Waals surface area contributed by atoms with Crippen LogP contribution in [0, 0.1) is 17.0 Å². The van der Waals surface area contributed by atoms with Gasteiger partial charge in [0.2, 0.25) is 0 Å². The Morgan fingerprint density at radius 2 is 2.20 bits per heavy atom. The minimum Gasteiger partial charge on any atom is -0.378 e. The van der Waals surface area contributed by atoms with Gasteiger partial charge in [0.15, 0.2) is 5.15 Å². The zero-order chi connectivity index (χ0) is 14.7. The lowest BCUT2D eigenvalue weighted by Gasteiger charge is -2.09. The average molecular weight is 357 g/mol. The molecule has 0 spiro atoms. The summed E-state index contributed by atoms with van der Waals surface area (Å²) in [6, 6.07) is 6.79. The van der Waals surface area contributed by atoms with E-state index in [2.05, 4.69) is 26.2 Å². The van der Waals surface area contributed by atoms with Gasteiger partial charge in [-0.25, -0.2) is 4.98 Å². The molecule has 0 aliphatic heterocycles. The van der Waals surface area contributed by atoms with Crippen molar-refractivity contribution in [3.63, 3.8) is 0 Å². The minimum atomic E-state index is -0.405. The van der Waals surface area contributed by atoms with Crippen molar-refractivity contribution in [2.24, 2.45) is 0 Å². The number of hydrogen-bond acceptors (Lipinski definition) is 4. The van der Waals surface area contributed by atoms with Crippen LogP contribution in [-0.2, 0) is 6.54 Å². The molecule has 2 aromatic rings. The second-order valence-electron chi connectivity index (χ2n) is 4.23. The van der Waals surface area contributed by atoms with Crippen molar-refractivity contribution >= 4 is 38.9 Å². The third-order valence-electron chi connectivity index (χ3n) is 2.69. The van der Waals surface area contributed by atoms with E-state index in [0.717, 1.165) is 5.56 Å². The summed E-state index contributed by atoms with van der Waals surface area (Å²) in [5.74, 6) is 0. The minimum absolute atomic E-state index is 0.0589. The van der Waals surface area contributed by atoms with Gasteiger partial charge >= 0.3 is 0 Å². The maximum absolute atomic E-state index is 11.0. The Morgan fingerprint density at radius 3 is 2.90 bits per heavy atom. The van der Waals surface area contributed by atoms with Crippen molar-refractivity contribution in [2.45, 2.75) is 13.5 Å². The first-order valence-corrected chi connectivity index (χ1v) is 6.93. The summed E-state index contributed by atoms with van der Waals surface area (Å²) in [6.45, 7) is 2.20. The van der Waals surface area contributed by atoms with Crippen LogP contribution in [0.5, 0.6) is 0 Å². The van der Waals surface area contributed by atoms with Crippen LogP contribution in [0.2, 0.25) is 5.15 Å². The molecule has 20 heavy (non-hydrogen) atoms. The Labute approximate surface area is 129 Å². The lowest BCUT2D eigenvalue weighted by atomic mass is 10.2. The van der Waals surface area contributed by atoms with E-state index in [1.165, 1.54) is 6.07 Å². The first-order valence-electron chi connectivity index (χ1n) is 5.76.